The van der Waals surface area contributed by atoms with Crippen molar-refractivity contribution in [1.29, 1.82) is 0 Å². The first-order valence-corrected chi connectivity index (χ1v) is 7.34. The van der Waals surface area contributed by atoms with Gasteiger partial charge in [-0.25, -0.2) is 4.98 Å². The van der Waals surface area contributed by atoms with E-state index in [2.05, 4.69) is 72.3 Å². The number of aromatic amines is 1. The summed E-state index contributed by atoms with van der Waals surface area (Å²) < 4.78 is 0. The van der Waals surface area contributed by atoms with Crippen LogP contribution in [0.2, 0.25) is 0 Å². The largest absolute Gasteiger partial charge is 0.348 e. The predicted octanol–water partition coefficient (Wildman–Crippen LogP) is 4.40. The van der Waals surface area contributed by atoms with Crippen LogP contribution in [0, 0.1) is 13.8 Å². The van der Waals surface area contributed by atoms with Crippen LogP contribution < -0.4 is 0 Å². The maximum atomic E-state index is 4.21. The Balaban J connectivity index is 2.03. The average molecular weight is 276 g/mol. The van der Waals surface area contributed by atoms with Gasteiger partial charge in [-0.3, -0.25) is 0 Å². The lowest BCUT2D eigenvalue weighted by Gasteiger charge is -2.19. The fraction of sp³-hybridized carbons (Fsp3) is 0.211. The molecule has 0 bridgehead atoms. The van der Waals surface area contributed by atoms with E-state index >= 15 is 0 Å². The van der Waals surface area contributed by atoms with Crippen molar-refractivity contribution in [3.05, 3.63) is 89.0 Å². The van der Waals surface area contributed by atoms with Crippen molar-refractivity contribution in [3.63, 3.8) is 0 Å². The molecule has 0 aliphatic carbocycles. The summed E-state index contributed by atoms with van der Waals surface area (Å²) in [5, 5.41) is 0. The number of H-pyrrole nitrogens is 1. The van der Waals surface area contributed by atoms with E-state index in [1.165, 1.54) is 27.9 Å². The van der Waals surface area contributed by atoms with E-state index in [1.54, 1.807) is 6.33 Å². The molecule has 2 heteroatoms. The van der Waals surface area contributed by atoms with E-state index in [9.17, 15) is 0 Å². The molecule has 106 valence electrons. The zero-order valence-corrected chi connectivity index (χ0v) is 12.5. The van der Waals surface area contributed by atoms with Crippen molar-refractivity contribution >= 4 is 0 Å². The number of benzene rings is 2. The molecule has 0 fully saturated rings. The van der Waals surface area contributed by atoms with Crippen LogP contribution in [0.5, 0.6) is 0 Å². The fourth-order valence-corrected chi connectivity index (χ4v) is 2.85. The van der Waals surface area contributed by atoms with Crippen LogP contribution in [0.1, 0.15) is 33.9 Å². The Hall–Kier alpha value is -2.35. The number of nitrogens with zero attached hydrogens (tertiary/aromatic N) is 1. The molecule has 0 saturated carbocycles. The van der Waals surface area contributed by atoms with Gasteiger partial charge in [-0.15, -0.1) is 0 Å². The van der Waals surface area contributed by atoms with Crippen LogP contribution in [0.15, 0.2) is 61.1 Å². The molecule has 0 amide bonds. The summed E-state index contributed by atoms with van der Waals surface area (Å²) >= 11 is 0. The SMILES string of the molecule is Cc1cccc(C(Cc2ccccc2)c2cnc[nH]2)c1C. The summed E-state index contributed by atoms with van der Waals surface area (Å²) in [5.74, 6) is 0.315. The molecule has 0 aliphatic rings. The number of aryl methyl sites for hydroxylation is 1. The van der Waals surface area contributed by atoms with Gasteiger partial charge < -0.3 is 4.98 Å². The van der Waals surface area contributed by atoms with Gasteiger partial charge in [-0.1, -0.05) is 48.5 Å². The second-order valence-electron chi connectivity index (χ2n) is 5.54. The second kappa shape index (κ2) is 5.96. The predicted molar refractivity (Wildman–Crippen MR) is 86.5 cm³/mol. The minimum Gasteiger partial charge on any atom is -0.348 e. The lowest BCUT2D eigenvalue weighted by molar-refractivity contribution is 0.773. The molecule has 1 heterocycles. The van der Waals surface area contributed by atoms with E-state index in [1.807, 2.05) is 6.20 Å². The Kier molecular flexibility index (Phi) is 3.87. The normalized spacial score (nSPS) is 12.3. The molecule has 3 aromatic rings. The van der Waals surface area contributed by atoms with Gasteiger partial charge in [0.2, 0.25) is 0 Å². The number of hydrogen-bond acceptors (Lipinski definition) is 1. The number of nitrogens with one attached hydrogen (secondary N) is 1. The minimum atomic E-state index is 0.315. The van der Waals surface area contributed by atoms with Crippen LogP contribution in [0.4, 0.5) is 0 Å². The summed E-state index contributed by atoms with van der Waals surface area (Å²) in [5.41, 5.74) is 6.60. The van der Waals surface area contributed by atoms with Gasteiger partial charge in [-0.05, 0) is 42.5 Å². The van der Waals surface area contributed by atoms with Crippen LogP contribution in [0.25, 0.3) is 0 Å². The van der Waals surface area contributed by atoms with E-state index in [-0.39, 0.29) is 0 Å². The molecule has 0 radical (unpaired) electrons. The highest BCUT2D eigenvalue weighted by atomic mass is 14.9. The van der Waals surface area contributed by atoms with E-state index in [0.717, 1.165) is 6.42 Å². The third-order valence-corrected chi connectivity index (χ3v) is 4.20. The molecular formula is C19H20N2. The highest BCUT2D eigenvalue weighted by molar-refractivity contribution is 5.40. The summed E-state index contributed by atoms with van der Waals surface area (Å²) in [4.78, 5) is 7.50. The first-order chi connectivity index (χ1) is 10.3. The number of aromatic nitrogens is 2. The maximum Gasteiger partial charge on any atom is 0.0921 e. The third kappa shape index (κ3) is 2.89. The molecule has 21 heavy (non-hydrogen) atoms. The fourth-order valence-electron chi connectivity index (χ4n) is 2.85. The molecule has 0 aliphatic heterocycles. The molecular weight excluding hydrogens is 256 g/mol. The molecule has 2 nitrogen and oxygen atoms in total. The van der Waals surface area contributed by atoms with Gasteiger partial charge in [0, 0.05) is 17.8 Å². The van der Waals surface area contributed by atoms with Crippen molar-refractivity contribution in [2.45, 2.75) is 26.2 Å². The standard InChI is InChI=1S/C19H20N2/c1-14-7-6-10-17(15(14)2)18(19-12-20-13-21-19)11-16-8-4-3-5-9-16/h3-10,12-13,18H,11H2,1-2H3,(H,20,21). The van der Waals surface area contributed by atoms with Crippen molar-refractivity contribution in [2.75, 3.05) is 0 Å². The van der Waals surface area contributed by atoms with Crippen LogP contribution in [0.3, 0.4) is 0 Å². The van der Waals surface area contributed by atoms with Gasteiger partial charge in [-0.2, -0.15) is 0 Å². The van der Waals surface area contributed by atoms with Gasteiger partial charge in [0.15, 0.2) is 0 Å². The van der Waals surface area contributed by atoms with Gasteiger partial charge in [0.05, 0.1) is 6.33 Å². The molecule has 3 rings (SSSR count). The Labute approximate surface area is 125 Å². The molecule has 0 spiro atoms. The van der Waals surface area contributed by atoms with E-state index in [0.29, 0.717) is 5.92 Å². The maximum absolute atomic E-state index is 4.21. The van der Waals surface area contributed by atoms with Crippen molar-refractivity contribution in [2.24, 2.45) is 0 Å². The highest BCUT2D eigenvalue weighted by Gasteiger charge is 2.18. The van der Waals surface area contributed by atoms with Crippen molar-refractivity contribution < 1.29 is 0 Å². The third-order valence-electron chi connectivity index (χ3n) is 4.20. The summed E-state index contributed by atoms with van der Waals surface area (Å²) in [6, 6.07) is 17.2. The average Bonchev–Trinajstić information content (AvgIpc) is 3.03. The quantitative estimate of drug-likeness (QED) is 0.751. The highest BCUT2D eigenvalue weighted by Crippen LogP contribution is 2.30. The first-order valence-electron chi connectivity index (χ1n) is 7.34. The number of hydrogen-bond donors (Lipinski definition) is 1. The van der Waals surface area contributed by atoms with E-state index < -0.39 is 0 Å². The topological polar surface area (TPSA) is 28.7 Å². The number of imidazole rings is 1. The Morgan fingerprint density at radius 1 is 1.00 bits per heavy atom. The first kappa shape index (κ1) is 13.6. The smallest absolute Gasteiger partial charge is 0.0921 e. The van der Waals surface area contributed by atoms with Crippen LogP contribution in [-0.4, -0.2) is 9.97 Å². The van der Waals surface area contributed by atoms with Gasteiger partial charge in [0.1, 0.15) is 0 Å². The number of rotatable bonds is 4. The van der Waals surface area contributed by atoms with Crippen molar-refractivity contribution in [1.82, 2.24) is 9.97 Å². The van der Waals surface area contributed by atoms with Gasteiger partial charge in [0.25, 0.3) is 0 Å². The molecule has 1 unspecified atom stereocenters. The second-order valence-corrected chi connectivity index (χ2v) is 5.54. The zero-order valence-electron chi connectivity index (χ0n) is 12.5. The lowest BCUT2D eigenvalue weighted by atomic mass is 9.86. The monoisotopic (exact) mass is 276 g/mol. The lowest BCUT2D eigenvalue weighted by Crippen LogP contribution is -2.08. The summed E-state index contributed by atoms with van der Waals surface area (Å²) in [7, 11) is 0. The molecule has 2 aromatic carbocycles. The Bertz CT molecular complexity index is 700. The van der Waals surface area contributed by atoms with E-state index in [4.69, 9.17) is 0 Å². The van der Waals surface area contributed by atoms with Gasteiger partial charge >= 0.3 is 0 Å². The zero-order chi connectivity index (χ0) is 14.7. The Morgan fingerprint density at radius 3 is 2.52 bits per heavy atom. The van der Waals surface area contributed by atoms with Crippen LogP contribution >= 0.6 is 0 Å². The molecule has 1 atom stereocenters. The summed E-state index contributed by atoms with van der Waals surface area (Å²) in [6.07, 6.45) is 4.68. The van der Waals surface area contributed by atoms with Crippen molar-refractivity contribution in [3.8, 4) is 0 Å². The molecule has 1 aromatic heterocycles. The molecule has 1 N–H and O–H groups in total. The summed E-state index contributed by atoms with van der Waals surface area (Å²) in [6.45, 7) is 4.38. The minimum absolute atomic E-state index is 0.315. The van der Waals surface area contributed by atoms with Crippen LogP contribution in [-0.2, 0) is 6.42 Å². The Morgan fingerprint density at radius 2 is 1.81 bits per heavy atom. The molecule has 0 saturated heterocycles.